The van der Waals surface area contributed by atoms with Gasteiger partial charge in [0.05, 0.1) is 11.0 Å². The van der Waals surface area contributed by atoms with Crippen molar-refractivity contribution < 1.29 is 14.7 Å². The Bertz CT molecular complexity index is 1490. The number of rotatable bonds is 12. The Morgan fingerprint density at radius 1 is 0.767 bits per heavy atom. The van der Waals surface area contributed by atoms with Gasteiger partial charge < -0.3 is 5.11 Å². The minimum absolute atomic E-state index is 0.0588. The molecule has 3 aromatic carbocycles. The molecular weight excluding hydrogens is 540 g/mol. The van der Waals surface area contributed by atoms with Gasteiger partial charge in [0.1, 0.15) is 5.70 Å². The van der Waals surface area contributed by atoms with Gasteiger partial charge in [-0.3, -0.25) is 9.59 Å². The van der Waals surface area contributed by atoms with Crippen molar-refractivity contribution in [1.82, 2.24) is 0 Å². The van der Waals surface area contributed by atoms with Gasteiger partial charge >= 0.3 is 5.97 Å². The monoisotopic (exact) mass is 576 g/mol. The third-order valence-corrected chi connectivity index (χ3v) is 9.56. The maximum atomic E-state index is 14.5. The second-order valence-electron chi connectivity index (χ2n) is 11.7. The number of nitrogens with zero attached hydrogens (tertiary/aromatic N) is 3. The smallest absolute Gasteiger partial charge is 0.303 e. The molecule has 0 aromatic heterocycles. The number of benzene rings is 3. The van der Waals surface area contributed by atoms with E-state index in [1.165, 1.54) is 11.1 Å². The largest absolute Gasteiger partial charge is 0.481 e. The molecule has 0 radical (unpaired) electrons. The Balaban J connectivity index is 1.48. The number of allylic oxidation sites excluding steroid dienone is 1. The van der Waals surface area contributed by atoms with Crippen molar-refractivity contribution in [3.63, 3.8) is 0 Å². The fraction of sp³-hybridized carbons (Fsp3) is 0.353. The SMILES string of the molecule is N=NC1=C(c2ccccc2)C2(CCC(CCC(c3ccccc3)c3ccccc3)(N=N)CC2)C(=O)C1(CCC(=O)O)N=N. The molecule has 43 heavy (non-hydrogen) atoms. The lowest BCUT2D eigenvalue weighted by Gasteiger charge is -2.43. The Labute approximate surface area is 251 Å². The highest BCUT2D eigenvalue weighted by Gasteiger charge is 2.64. The zero-order valence-corrected chi connectivity index (χ0v) is 24.0. The molecular formula is C34H36N6O3. The lowest BCUT2D eigenvalue weighted by atomic mass is 9.60. The summed E-state index contributed by atoms with van der Waals surface area (Å²) in [4.78, 5) is 26.0. The molecule has 1 fully saturated rings. The first-order valence-electron chi connectivity index (χ1n) is 14.7. The summed E-state index contributed by atoms with van der Waals surface area (Å²) in [6, 6.07) is 29.9. The van der Waals surface area contributed by atoms with Crippen LogP contribution >= 0.6 is 0 Å². The maximum Gasteiger partial charge on any atom is 0.303 e. The van der Waals surface area contributed by atoms with Crippen LogP contribution in [0.5, 0.6) is 0 Å². The fourth-order valence-electron chi connectivity index (χ4n) is 7.24. The lowest BCUT2D eigenvalue weighted by Crippen LogP contribution is -2.47. The van der Waals surface area contributed by atoms with Gasteiger partial charge in [-0.25, -0.2) is 16.6 Å². The third-order valence-electron chi connectivity index (χ3n) is 9.56. The van der Waals surface area contributed by atoms with Gasteiger partial charge in [-0.05, 0) is 67.2 Å². The molecule has 2 aliphatic rings. The van der Waals surface area contributed by atoms with Crippen LogP contribution in [0.25, 0.3) is 5.57 Å². The van der Waals surface area contributed by atoms with Crippen molar-refractivity contribution in [1.29, 1.82) is 16.6 Å². The third kappa shape index (κ3) is 5.35. The van der Waals surface area contributed by atoms with Gasteiger partial charge in [0, 0.05) is 12.3 Å². The van der Waals surface area contributed by atoms with Crippen molar-refractivity contribution in [2.24, 2.45) is 20.8 Å². The molecule has 1 unspecified atom stereocenters. The minimum Gasteiger partial charge on any atom is -0.481 e. The van der Waals surface area contributed by atoms with E-state index in [-0.39, 0.29) is 30.2 Å². The maximum absolute atomic E-state index is 14.5. The van der Waals surface area contributed by atoms with Crippen molar-refractivity contribution in [2.75, 3.05) is 0 Å². The minimum atomic E-state index is -1.82. The average molecular weight is 577 g/mol. The van der Waals surface area contributed by atoms with Crippen LogP contribution in [0.1, 0.15) is 74.0 Å². The standard InChI is InChI=1S/C34H36N6O3/c35-38-30-29(26-14-8-3-9-15-26)33(31(43)34(30,40-37)19-17-28(41)42)22-20-32(39-36,21-23-33)18-16-27(24-10-4-1-5-11-24)25-12-6-2-7-13-25/h1-15,27,35-37H,16-23H2,(H,41,42). The van der Waals surface area contributed by atoms with Crippen LogP contribution in [0.4, 0.5) is 0 Å². The number of aliphatic carboxylic acids is 1. The molecule has 5 rings (SSSR count). The number of ketones is 1. The van der Waals surface area contributed by atoms with Gasteiger partial charge in [0.15, 0.2) is 11.3 Å². The average Bonchev–Trinajstić information content (AvgIpc) is 3.26. The molecule has 0 saturated heterocycles. The van der Waals surface area contributed by atoms with E-state index in [0.717, 1.165) is 6.42 Å². The summed E-state index contributed by atoms with van der Waals surface area (Å²) in [5, 5.41) is 21.1. The number of hydrogen-bond donors (Lipinski definition) is 4. The van der Waals surface area contributed by atoms with E-state index in [1.807, 2.05) is 66.7 Å². The number of carboxylic acid groups (broad SMARTS) is 1. The molecule has 1 spiro atoms. The van der Waals surface area contributed by atoms with Crippen molar-refractivity contribution in [3.8, 4) is 0 Å². The zero-order chi connectivity index (χ0) is 30.5. The van der Waals surface area contributed by atoms with E-state index in [0.29, 0.717) is 43.2 Å². The summed E-state index contributed by atoms with van der Waals surface area (Å²) in [6.45, 7) is 0. The predicted molar refractivity (Wildman–Crippen MR) is 161 cm³/mol. The van der Waals surface area contributed by atoms with Crippen LogP contribution in [-0.2, 0) is 9.59 Å². The van der Waals surface area contributed by atoms with Gasteiger partial charge in [-0.1, -0.05) is 91.0 Å². The summed E-state index contributed by atoms with van der Waals surface area (Å²) < 4.78 is 0. The summed E-state index contributed by atoms with van der Waals surface area (Å²) >= 11 is 0. The fourth-order valence-corrected chi connectivity index (χ4v) is 7.24. The molecule has 3 aromatic rings. The predicted octanol–water partition coefficient (Wildman–Crippen LogP) is 8.59. The van der Waals surface area contributed by atoms with Crippen molar-refractivity contribution in [3.05, 3.63) is 113 Å². The Morgan fingerprint density at radius 2 is 1.30 bits per heavy atom. The van der Waals surface area contributed by atoms with Crippen LogP contribution in [-0.4, -0.2) is 27.9 Å². The van der Waals surface area contributed by atoms with Crippen LogP contribution in [0.15, 0.2) is 112 Å². The molecule has 4 N–H and O–H groups in total. The molecule has 220 valence electrons. The molecule has 1 saturated carbocycles. The van der Waals surface area contributed by atoms with Crippen LogP contribution in [0.3, 0.4) is 0 Å². The van der Waals surface area contributed by atoms with E-state index >= 15 is 0 Å². The first-order valence-corrected chi connectivity index (χ1v) is 14.7. The number of hydrogen-bond acceptors (Lipinski definition) is 8. The lowest BCUT2D eigenvalue weighted by molar-refractivity contribution is -0.138. The number of Topliss-reactive ketones (excluding diaryl/α,β-unsaturated/α-hetero) is 1. The first-order chi connectivity index (χ1) is 20.8. The van der Waals surface area contributed by atoms with E-state index in [9.17, 15) is 14.7 Å². The Kier molecular flexibility index (Phi) is 8.52. The molecule has 9 nitrogen and oxygen atoms in total. The second kappa shape index (κ2) is 12.3. The molecule has 1 atom stereocenters. The summed E-state index contributed by atoms with van der Waals surface area (Å²) in [5.74, 6) is -1.35. The van der Waals surface area contributed by atoms with E-state index in [4.69, 9.17) is 16.6 Å². The zero-order valence-electron chi connectivity index (χ0n) is 24.0. The highest BCUT2D eigenvalue weighted by molar-refractivity contribution is 6.12. The number of carbonyl (C=O) groups is 2. The Hall–Kier alpha value is -4.66. The number of carboxylic acids is 1. The quantitative estimate of drug-likeness (QED) is 0.159. The molecule has 2 aliphatic carbocycles. The molecule has 0 amide bonds. The summed E-state index contributed by atoms with van der Waals surface area (Å²) in [5.41, 5.74) is 24.6. The topological polar surface area (TPSA) is 163 Å². The first kappa shape index (κ1) is 29.8. The van der Waals surface area contributed by atoms with Gasteiger partial charge in [0.2, 0.25) is 0 Å². The number of nitrogens with one attached hydrogen (secondary N) is 3. The van der Waals surface area contributed by atoms with Crippen molar-refractivity contribution >= 4 is 17.3 Å². The number of carbonyl (C=O) groups excluding carboxylic acids is 1. The molecule has 9 heteroatoms. The van der Waals surface area contributed by atoms with E-state index in [1.54, 1.807) is 0 Å². The van der Waals surface area contributed by atoms with Crippen LogP contribution < -0.4 is 0 Å². The highest BCUT2D eigenvalue weighted by Crippen LogP contribution is 2.61. The van der Waals surface area contributed by atoms with Gasteiger partial charge in [-0.2, -0.15) is 15.3 Å². The molecule has 0 aliphatic heterocycles. The molecule has 0 heterocycles. The Morgan fingerprint density at radius 3 is 1.77 bits per heavy atom. The van der Waals surface area contributed by atoms with E-state index < -0.39 is 22.5 Å². The van der Waals surface area contributed by atoms with Gasteiger partial charge in [-0.15, -0.1) is 0 Å². The van der Waals surface area contributed by atoms with Crippen molar-refractivity contribution in [2.45, 2.75) is 68.4 Å². The van der Waals surface area contributed by atoms with Gasteiger partial charge in [0.25, 0.3) is 0 Å². The summed E-state index contributed by atoms with van der Waals surface area (Å²) in [6.07, 6.45) is 2.45. The summed E-state index contributed by atoms with van der Waals surface area (Å²) in [7, 11) is 0. The molecule has 0 bridgehead atoms. The normalized spacial score (nSPS) is 25.2. The highest BCUT2D eigenvalue weighted by atomic mass is 16.4. The van der Waals surface area contributed by atoms with Crippen LogP contribution in [0, 0.1) is 22.0 Å². The second-order valence-corrected chi connectivity index (χ2v) is 11.7. The van der Waals surface area contributed by atoms with Crippen LogP contribution in [0.2, 0.25) is 0 Å². The van der Waals surface area contributed by atoms with E-state index in [2.05, 4.69) is 39.6 Å².